The zero-order chi connectivity index (χ0) is 32.5. The highest BCUT2D eigenvalue weighted by Gasteiger charge is 2.48. The van der Waals surface area contributed by atoms with Gasteiger partial charge in [-0.2, -0.15) is 0 Å². The molecule has 3 atom stereocenters. The number of sulfone groups is 1. The van der Waals surface area contributed by atoms with Crippen molar-refractivity contribution in [2.75, 3.05) is 58.7 Å². The van der Waals surface area contributed by atoms with Crippen LogP contribution in [0.3, 0.4) is 0 Å². The number of cyclic esters (lactones) is 1. The fourth-order valence-corrected chi connectivity index (χ4v) is 6.89. The van der Waals surface area contributed by atoms with Crippen LogP contribution in [0, 0.1) is 0 Å². The highest BCUT2D eigenvalue weighted by molar-refractivity contribution is 7.93. The van der Waals surface area contributed by atoms with Gasteiger partial charge in [-0.05, 0) is 51.3 Å². The number of nitrogens with two attached hydrogens (primary N) is 1. The third-order valence-corrected chi connectivity index (χ3v) is 9.82. The molecule has 0 aromatic heterocycles. The minimum Gasteiger partial charge on any atom is -0.490 e. The summed E-state index contributed by atoms with van der Waals surface area (Å²) in [5.74, 6) is -1.05. The molecule has 0 bridgehead atoms. The topological polar surface area (TPSA) is 167 Å². The molecule has 2 aliphatic rings. The van der Waals surface area contributed by atoms with Gasteiger partial charge in [-0.3, -0.25) is 9.69 Å². The van der Waals surface area contributed by atoms with E-state index in [0.717, 1.165) is 20.2 Å². The molecule has 3 N–H and O–H groups in total. The normalized spacial score (nSPS) is 20.0. The average Bonchev–Trinajstić information content (AvgIpc) is 3.33. The highest BCUT2D eigenvalue weighted by Crippen LogP contribution is 2.24. The van der Waals surface area contributed by atoms with Gasteiger partial charge in [0.2, 0.25) is 4.87 Å². The SMILES string of the molecule is CCCCS(=O)(=O)C(N)(Cc1ccc(OCC2CN(CCC(C(=O)OC(C)(C)C)N3CCNCC3)C(=O)O2)cc1)C(=O)OC. The number of ether oxygens (including phenoxy) is 4. The Hall–Kier alpha value is -2.94. The number of carbonyl (C=O) groups is 3. The second-order valence-electron chi connectivity index (χ2n) is 12.3. The molecule has 2 heterocycles. The molecule has 2 fully saturated rings. The lowest BCUT2D eigenvalue weighted by Crippen LogP contribution is -2.57. The van der Waals surface area contributed by atoms with E-state index in [1.165, 1.54) is 0 Å². The number of carbonyl (C=O) groups excluding carboxylic acids is 3. The van der Waals surface area contributed by atoms with Crippen molar-refractivity contribution in [3.05, 3.63) is 29.8 Å². The van der Waals surface area contributed by atoms with Gasteiger partial charge in [0.1, 0.15) is 24.0 Å². The first kappa shape index (κ1) is 35.5. The summed E-state index contributed by atoms with van der Waals surface area (Å²) in [4.78, 5) is 39.5. The van der Waals surface area contributed by atoms with Crippen molar-refractivity contribution in [2.24, 2.45) is 5.73 Å². The van der Waals surface area contributed by atoms with Crippen LogP contribution in [0.25, 0.3) is 0 Å². The van der Waals surface area contributed by atoms with E-state index in [-0.39, 0.29) is 24.7 Å². The maximum atomic E-state index is 13.0. The molecule has 14 heteroatoms. The van der Waals surface area contributed by atoms with Crippen LogP contribution in [-0.2, 0) is 40.1 Å². The number of benzene rings is 1. The summed E-state index contributed by atoms with van der Waals surface area (Å²) in [6.07, 6.45) is 0.208. The number of amides is 1. The summed E-state index contributed by atoms with van der Waals surface area (Å²) >= 11 is 0. The molecule has 2 aliphatic heterocycles. The molecule has 0 saturated carbocycles. The van der Waals surface area contributed by atoms with Gasteiger partial charge in [0.15, 0.2) is 15.9 Å². The van der Waals surface area contributed by atoms with Gasteiger partial charge in [0.25, 0.3) is 0 Å². The Morgan fingerprint density at radius 1 is 1.16 bits per heavy atom. The quantitative estimate of drug-likeness (QED) is 0.210. The maximum absolute atomic E-state index is 13.0. The first-order valence-corrected chi connectivity index (χ1v) is 16.8. The Morgan fingerprint density at radius 2 is 1.82 bits per heavy atom. The second-order valence-corrected chi connectivity index (χ2v) is 14.6. The first-order chi connectivity index (χ1) is 20.7. The van der Waals surface area contributed by atoms with Crippen LogP contribution >= 0.6 is 0 Å². The minimum atomic E-state index is -3.98. The summed E-state index contributed by atoms with van der Waals surface area (Å²) in [5.41, 5.74) is 6.07. The lowest BCUT2D eigenvalue weighted by molar-refractivity contribution is -0.162. The lowest BCUT2D eigenvalue weighted by atomic mass is 10.1. The predicted molar refractivity (Wildman–Crippen MR) is 164 cm³/mol. The van der Waals surface area contributed by atoms with Crippen LogP contribution in [0.2, 0.25) is 0 Å². The van der Waals surface area contributed by atoms with E-state index in [2.05, 4.69) is 10.2 Å². The summed E-state index contributed by atoms with van der Waals surface area (Å²) in [7, 11) is -2.87. The van der Waals surface area contributed by atoms with Crippen molar-refractivity contribution >= 4 is 27.9 Å². The molecule has 3 unspecified atom stereocenters. The Labute approximate surface area is 260 Å². The standard InChI is InChI=1S/C30H48N4O9S/c1-6-7-18-44(38,39)30(31,27(36)40-5)19-22-8-10-23(11-9-22)41-21-24-20-34(28(37)42-24)15-12-25(26(35)43-29(2,3)4)33-16-13-32-14-17-33/h8-11,24-25,32H,6-7,12-21,31H2,1-5H3. The van der Waals surface area contributed by atoms with E-state index in [1.54, 1.807) is 29.2 Å². The van der Waals surface area contributed by atoms with E-state index in [9.17, 15) is 22.8 Å². The van der Waals surface area contributed by atoms with Gasteiger partial charge in [-0.15, -0.1) is 0 Å². The van der Waals surface area contributed by atoms with Gasteiger partial charge in [-0.25, -0.2) is 18.0 Å². The molecular weight excluding hydrogens is 592 g/mol. The van der Waals surface area contributed by atoms with E-state index in [4.69, 9.17) is 24.7 Å². The van der Waals surface area contributed by atoms with Crippen LogP contribution < -0.4 is 15.8 Å². The number of methoxy groups -OCH3 is 1. The van der Waals surface area contributed by atoms with Gasteiger partial charge >= 0.3 is 18.0 Å². The smallest absolute Gasteiger partial charge is 0.410 e. The number of esters is 2. The molecule has 13 nitrogen and oxygen atoms in total. The first-order valence-electron chi connectivity index (χ1n) is 15.1. The van der Waals surface area contributed by atoms with Crippen LogP contribution in [0.4, 0.5) is 4.79 Å². The fourth-order valence-electron chi connectivity index (χ4n) is 5.13. The number of unbranched alkanes of at least 4 members (excludes halogenated alkanes) is 1. The van der Waals surface area contributed by atoms with Crippen LogP contribution in [0.5, 0.6) is 5.75 Å². The monoisotopic (exact) mass is 640 g/mol. The van der Waals surface area contributed by atoms with Crippen LogP contribution in [0.15, 0.2) is 24.3 Å². The Kier molecular flexibility index (Phi) is 12.4. The van der Waals surface area contributed by atoms with Crippen molar-refractivity contribution in [3.63, 3.8) is 0 Å². The van der Waals surface area contributed by atoms with E-state index in [0.29, 0.717) is 56.8 Å². The highest BCUT2D eigenvalue weighted by atomic mass is 32.2. The number of hydrogen-bond acceptors (Lipinski definition) is 12. The molecule has 1 aromatic rings. The molecule has 2 saturated heterocycles. The maximum Gasteiger partial charge on any atom is 0.410 e. The zero-order valence-corrected chi connectivity index (χ0v) is 27.3. The van der Waals surface area contributed by atoms with Gasteiger partial charge < -0.3 is 34.9 Å². The van der Waals surface area contributed by atoms with Crippen molar-refractivity contribution in [3.8, 4) is 5.75 Å². The fraction of sp³-hybridized carbons (Fsp3) is 0.700. The number of piperazine rings is 1. The van der Waals surface area contributed by atoms with Crippen molar-refractivity contribution in [2.45, 2.75) is 76.0 Å². The van der Waals surface area contributed by atoms with E-state index in [1.807, 2.05) is 27.7 Å². The van der Waals surface area contributed by atoms with Gasteiger partial charge in [0.05, 0.1) is 19.4 Å². The Morgan fingerprint density at radius 3 is 2.41 bits per heavy atom. The molecule has 0 aliphatic carbocycles. The number of hydrogen-bond donors (Lipinski definition) is 2. The van der Waals surface area contributed by atoms with Gasteiger partial charge in [0, 0.05) is 39.1 Å². The molecule has 0 radical (unpaired) electrons. The van der Waals surface area contributed by atoms with Crippen molar-refractivity contribution < 1.29 is 41.7 Å². The van der Waals surface area contributed by atoms with Crippen molar-refractivity contribution in [1.82, 2.24) is 15.1 Å². The number of nitrogens with zero attached hydrogens (tertiary/aromatic N) is 2. The number of nitrogens with one attached hydrogen (secondary N) is 1. The second kappa shape index (κ2) is 15.4. The predicted octanol–water partition coefficient (Wildman–Crippen LogP) is 1.48. The third-order valence-electron chi connectivity index (χ3n) is 7.57. The zero-order valence-electron chi connectivity index (χ0n) is 26.5. The summed E-state index contributed by atoms with van der Waals surface area (Å²) in [6.45, 7) is 11.1. The molecule has 3 rings (SSSR count). The molecular formula is C30H48N4O9S. The minimum absolute atomic E-state index is 0.100. The third kappa shape index (κ3) is 9.53. The molecule has 248 valence electrons. The average molecular weight is 641 g/mol. The number of rotatable bonds is 15. The van der Waals surface area contributed by atoms with Crippen LogP contribution in [0.1, 0.15) is 52.5 Å². The van der Waals surface area contributed by atoms with Gasteiger partial charge in [-0.1, -0.05) is 25.5 Å². The molecule has 1 amide bonds. The summed E-state index contributed by atoms with van der Waals surface area (Å²) < 4.78 is 47.6. The lowest BCUT2D eigenvalue weighted by Gasteiger charge is -2.35. The molecule has 44 heavy (non-hydrogen) atoms. The molecule has 0 spiro atoms. The van der Waals surface area contributed by atoms with E-state index >= 15 is 0 Å². The Bertz CT molecular complexity index is 1230. The largest absolute Gasteiger partial charge is 0.490 e. The molecule has 1 aromatic carbocycles. The summed E-state index contributed by atoms with van der Waals surface area (Å²) in [6, 6.07) is 6.08. The van der Waals surface area contributed by atoms with Crippen molar-refractivity contribution in [1.29, 1.82) is 0 Å². The van der Waals surface area contributed by atoms with Crippen LogP contribution in [-0.4, -0.2) is 118 Å². The Balaban J connectivity index is 1.56. The van der Waals surface area contributed by atoms with E-state index < -0.39 is 44.5 Å². The summed E-state index contributed by atoms with van der Waals surface area (Å²) in [5, 5.41) is 3.29.